The highest BCUT2D eigenvalue weighted by Gasteiger charge is 2.28. The summed E-state index contributed by atoms with van der Waals surface area (Å²) in [4.78, 5) is 14.1. The van der Waals surface area contributed by atoms with E-state index in [0.29, 0.717) is 13.1 Å². The van der Waals surface area contributed by atoms with E-state index in [1.165, 1.54) is 27.8 Å². The van der Waals surface area contributed by atoms with Gasteiger partial charge in [-0.2, -0.15) is 0 Å². The summed E-state index contributed by atoms with van der Waals surface area (Å²) < 4.78 is 5.51. The van der Waals surface area contributed by atoms with Crippen molar-refractivity contribution in [1.82, 2.24) is 4.90 Å². The van der Waals surface area contributed by atoms with Crippen LogP contribution in [0.3, 0.4) is 0 Å². The number of carbonyl (C=O) groups is 1. The van der Waals surface area contributed by atoms with Crippen molar-refractivity contribution in [2.75, 3.05) is 0 Å². The number of allylic oxidation sites excluding steroid dienone is 6. The summed E-state index contributed by atoms with van der Waals surface area (Å²) in [5.74, 6) is 0. The second-order valence-electron chi connectivity index (χ2n) is 7.72. The molecule has 1 heterocycles. The summed E-state index contributed by atoms with van der Waals surface area (Å²) >= 11 is 0. The van der Waals surface area contributed by atoms with Gasteiger partial charge in [-0.3, -0.25) is 4.90 Å². The number of rotatable bonds is 4. The van der Waals surface area contributed by atoms with Gasteiger partial charge in [-0.05, 0) is 74.9 Å². The van der Waals surface area contributed by atoms with Gasteiger partial charge in [-0.25, -0.2) is 4.79 Å². The number of ether oxygens (including phenoxy) is 1. The quantitative estimate of drug-likeness (QED) is 0.598. The van der Waals surface area contributed by atoms with E-state index in [-0.39, 0.29) is 6.09 Å². The molecule has 0 N–H and O–H groups in total. The molecule has 0 aromatic heterocycles. The predicted octanol–water partition coefficient (Wildman–Crippen LogP) is 6.25. The van der Waals surface area contributed by atoms with Crippen LogP contribution < -0.4 is 0 Å². The van der Waals surface area contributed by atoms with Gasteiger partial charge in [-0.1, -0.05) is 43.4 Å². The van der Waals surface area contributed by atoms with Crippen LogP contribution in [0.15, 0.2) is 48.1 Å². The molecule has 0 saturated carbocycles. The third-order valence-corrected chi connectivity index (χ3v) is 4.28. The lowest BCUT2D eigenvalue weighted by Crippen LogP contribution is -2.33. The molecule has 0 aliphatic carbocycles. The van der Waals surface area contributed by atoms with Crippen molar-refractivity contribution in [3.63, 3.8) is 0 Å². The van der Waals surface area contributed by atoms with Crippen molar-refractivity contribution in [2.45, 2.75) is 66.7 Å². The average molecular weight is 354 g/mol. The summed E-state index contributed by atoms with van der Waals surface area (Å²) in [7, 11) is 0. The molecule has 0 spiro atoms. The minimum Gasteiger partial charge on any atom is -0.444 e. The Bertz CT molecular complexity index is 748. The Labute approximate surface area is 158 Å². The van der Waals surface area contributed by atoms with Crippen LogP contribution in [-0.4, -0.2) is 16.6 Å². The van der Waals surface area contributed by atoms with Crippen molar-refractivity contribution in [3.8, 4) is 0 Å². The molecular formula is C23H31NO2. The summed E-state index contributed by atoms with van der Waals surface area (Å²) in [6.07, 6.45) is 9.27. The van der Waals surface area contributed by atoms with Crippen molar-refractivity contribution in [2.24, 2.45) is 0 Å². The van der Waals surface area contributed by atoms with Gasteiger partial charge < -0.3 is 4.74 Å². The first-order chi connectivity index (χ1) is 12.2. The maximum absolute atomic E-state index is 12.4. The third-order valence-electron chi connectivity index (χ3n) is 4.28. The van der Waals surface area contributed by atoms with Crippen LogP contribution in [0, 0.1) is 0 Å². The molecule has 0 bridgehead atoms. The van der Waals surface area contributed by atoms with Crippen LogP contribution in [0.5, 0.6) is 0 Å². The molecule has 0 atom stereocenters. The minimum atomic E-state index is -0.471. The van der Waals surface area contributed by atoms with Crippen LogP contribution >= 0.6 is 0 Å². The predicted molar refractivity (Wildman–Crippen MR) is 109 cm³/mol. The maximum Gasteiger partial charge on any atom is 0.410 e. The Morgan fingerprint density at radius 2 is 1.92 bits per heavy atom. The first-order valence-corrected chi connectivity index (χ1v) is 9.35. The van der Waals surface area contributed by atoms with Gasteiger partial charge in [0, 0.05) is 13.1 Å². The standard InChI is InChI=1S/C23H31NO2/c1-7-9-11-21(17(3)10-8-2)18-12-13-19-15-24(16-20(19)14-18)22(25)26-23(4,5)6/h7,9-14H,8,15-16H2,1-6H3/b9-7-,17-10+,21-11+. The Kier molecular flexibility index (Phi) is 6.47. The van der Waals surface area contributed by atoms with E-state index in [4.69, 9.17) is 4.74 Å². The summed E-state index contributed by atoms with van der Waals surface area (Å²) in [6.45, 7) is 13.2. The molecule has 0 unspecified atom stereocenters. The largest absolute Gasteiger partial charge is 0.444 e. The van der Waals surface area contributed by atoms with Crippen LogP contribution in [0.4, 0.5) is 4.79 Å². The van der Waals surface area contributed by atoms with Gasteiger partial charge in [0.05, 0.1) is 0 Å². The molecule has 1 aromatic rings. The smallest absolute Gasteiger partial charge is 0.410 e. The zero-order valence-corrected chi connectivity index (χ0v) is 16.9. The Morgan fingerprint density at radius 3 is 2.54 bits per heavy atom. The lowest BCUT2D eigenvalue weighted by molar-refractivity contribution is 0.0242. The van der Waals surface area contributed by atoms with E-state index in [1.807, 2.05) is 33.8 Å². The van der Waals surface area contributed by atoms with E-state index in [9.17, 15) is 4.79 Å². The van der Waals surface area contributed by atoms with E-state index < -0.39 is 5.60 Å². The lowest BCUT2D eigenvalue weighted by Gasteiger charge is -2.24. The monoisotopic (exact) mass is 353 g/mol. The van der Waals surface area contributed by atoms with Crippen molar-refractivity contribution in [1.29, 1.82) is 0 Å². The van der Waals surface area contributed by atoms with E-state index in [2.05, 4.69) is 50.3 Å². The van der Waals surface area contributed by atoms with E-state index in [0.717, 1.165) is 6.42 Å². The van der Waals surface area contributed by atoms with Crippen LogP contribution in [0.25, 0.3) is 5.57 Å². The van der Waals surface area contributed by atoms with Gasteiger partial charge in [0.15, 0.2) is 0 Å². The lowest BCUT2D eigenvalue weighted by atomic mass is 9.95. The van der Waals surface area contributed by atoms with Crippen LogP contribution in [0.1, 0.15) is 64.7 Å². The topological polar surface area (TPSA) is 29.5 Å². The molecule has 0 radical (unpaired) electrons. The first kappa shape index (κ1) is 20.0. The van der Waals surface area contributed by atoms with Gasteiger partial charge in [0.2, 0.25) is 0 Å². The molecule has 26 heavy (non-hydrogen) atoms. The molecule has 1 aromatic carbocycles. The second-order valence-corrected chi connectivity index (χ2v) is 7.72. The minimum absolute atomic E-state index is 0.248. The number of carbonyl (C=O) groups excluding carboxylic acids is 1. The second kappa shape index (κ2) is 8.39. The zero-order chi connectivity index (χ0) is 19.3. The molecule has 1 aliphatic rings. The highest BCUT2D eigenvalue weighted by molar-refractivity contribution is 5.80. The van der Waals surface area contributed by atoms with Crippen LogP contribution in [0.2, 0.25) is 0 Å². The summed E-state index contributed by atoms with van der Waals surface area (Å²) in [5.41, 5.74) is 5.61. The number of nitrogens with zero attached hydrogens (tertiary/aromatic N) is 1. The number of fused-ring (bicyclic) bond motifs is 1. The molecule has 3 nitrogen and oxygen atoms in total. The van der Waals surface area contributed by atoms with E-state index in [1.54, 1.807) is 4.90 Å². The SMILES string of the molecule is C\C=C/C=C(\C(C)=C\CC)c1ccc2c(c1)CN(C(=O)OC(C)(C)C)C2. The fraction of sp³-hybridized carbons (Fsp3) is 0.435. The molecule has 3 heteroatoms. The highest BCUT2D eigenvalue weighted by Crippen LogP contribution is 2.30. The highest BCUT2D eigenvalue weighted by atomic mass is 16.6. The fourth-order valence-corrected chi connectivity index (χ4v) is 3.08. The Hall–Kier alpha value is -2.29. The number of benzene rings is 1. The molecule has 140 valence electrons. The average Bonchev–Trinajstić information content (AvgIpc) is 2.97. The van der Waals surface area contributed by atoms with Crippen molar-refractivity contribution < 1.29 is 9.53 Å². The number of hydrogen-bond acceptors (Lipinski definition) is 2. The number of amides is 1. The fourth-order valence-electron chi connectivity index (χ4n) is 3.08. The first-order valence-electron chi connectivity index (χ1n) is 9.35. The van der Waals surface area contributed by atoms with Crippen molar-refractivity contribution in [3.05, 3.63) is 64.8 Å². The Morgan fingerprint density at radius 1 is 1.23 bits per heavy atom. The Balaban J connectivity index is 2.27. The molecule has 0 saturated heterocycles. The molecule has 2 rings (SSSR count). The summed E-state index contributed by atoms with van der Waals surface area (Å²) in [6, 6.07) is 6.50. The normalized spacial score (nSPS) is 15.5. The zero-order valence-electron chi connectivity index (χ0n) is 16.9. The van der Waals surface area contributed by atoms with Crippen molar-refractivity contribution >= 4 is 11.7 Å². The van der Waals surface area contributed by atoms with Gasteiger partial charge >= 0.3 is 6.09 Å². The molecule has 0 fully saturated rings. The number of hydrogen-bond donors (Lipinski definition) is 0. The summed E-state index contributed by atoms with van der Waals surface area (Å²) in [5, 5.41) is 0. The molecular weight excluding hydrogens is 322 g/mol. The van der Waals surface area contributed by atoms with Gasteiger partial charge in [0.1, 0.15) is 5.60 Å². The maximum atomic E-state index is 12.4. The van der Waals surface area contributed by atoms with Gasteiger partial charge in [-0.15, -0.1) is 0 Å². The van der Waals surface area contributed by atoms with E-state index >= 15 is 0 Å². The molecule has 1 aliphatic heterocycles. The third kappa shape index (κ3) is 5.10. The van der Waals surface area contributed by atoms with Crippen LogP contribution in [-0.2, 0) is 17.8 Å². The van der Waals surface area contributed by atoms with Gasteiger partial charge in [0.25, 0.3) is 0 Å². The molecule has 1 amide bonds.